The Kier molecular flexibility index (Phi) is 3.92. The van der Waals surface area contributed by atoms with Crippen LogP contribution in [0.15, 0.2) is 35.7 Å². The number of hydrazone groups is 1. The molecule has 0 bridgehead atoms. The minimum absolute atomic E-state index is 0.244. The Bertz CT molecular complexity index is 822. The number of hydrogen-bond acceptors (Lipinski definition) is 6. The number of aromatic nitrogens is 4. The van der Waals surface area contributed by atoms with Gasteiger partial charge in [-0.15, -0.1) is 11.3 Å². The van der Waals surface area contributed by atoms with Gasteiger partial charge in [-0.05, 0) is 25.1 Å². The third kappa shape index (κ3) is 3.01. The van der Waals surface area contributed by atoms with E-state index in [0.29, 0.717) is 10.8 Å². The molecule has 3 aromatic heterocycles. The van der Waals surface area contributed by atoms with Crippen molar-refractivity contribution in [2.75, 3.05) is 5.43 Å². The highest BCUT2D eigenvalue weighted by Gasteiger charge is 2.08. The van der Waals surface area contributed by atoms with Crippen LogP contribution in [0.4, 0.5) is 10.3 Å². The van der Waals surface area contributed by atoms with Crippen LogP contribution in [-0.4, -0.2) is 26.0 Å². The fraction of sp³-hybridized carbons (Fsp3) is 0.143. The van der Waals surface area contributed by atoms with Crippen molar-refractivity contribution >= 4 is 23.5 Å². The second kappa shape index (κ2) is 6.02. The van der Waals surface area contributed by atoms with E-state index in [-0.39, 0.29) is 5.13 Å². The summed E-state index contributed by atoms with van der Waals surface area (Å²) in [6, 6.07) is 4.86. The Labute approximate surface area is 130 Å². The highest BCUT2D eigenvalue weighted by Crippen LogP contribution is 2.20. The fourth-order valence-corrected chi connectivity index (χ4v) is 2.47. The number of hydrogen-bond donors (Lipinski definition) is 1. The lowest BCUT2D eigenvalue weighted by Crippen LogP contribution is -1.98. The normalized spacial score (nSPS) is 11.2. The molecular formula is C14H13FN6S. The maximum atomic E-state index is 12.9. The van der Waals surface area contributed by atoms with Crippen molar-refractivity contribution < 1.29 is 4.39 Å². The van der Waals surface area contributed by atoms with Gasteiger partial charge in [0, 0.05) is 24.5 Å². The van der Waals surface area contributed by atoms with Gasteiger partial charge < -0.3 is 0 Å². The van der Waals surface area contributed by atoms with Gasteiger partial charge in [-0.1, -0.05) is 0 Å². The van der Waals surface area contributed by atoms with E-state index in [4.69, 9.17) is 0 Å². The summed E-state index contributed by atoms with van der Waals surface area (Å²) in [5.74, 6) is 0.369. The molecule has 3 aromatic rings. The average Bonchev–Trinajstić information content (AvgIpc) is 3.07. The monoisotopic (exact) mass is 316 g/mol. The predicted octanol–water partition coefficient (Wildman–Crippen LogP) is 2.83. The molecule has 8 heteroatoms. The first-order chi connectivity index (χ1) is 10.6. The zero-order valence-electron chi connectivity index (χ0n) is 12.0. The minimum Gasteiger partial charge on any atom is -0.272 e. The van der Waals surface area contributed by atoms with Crippen LogP contribution in [0.3, 0.4) is 0 Å². The van der Waals surface area contributed by atoms with Crippen LogP contribution in [0.2, 0.25) is 0 Å². The molecule has 0 amide bonds. The molecule has 0 atom stereocenters. The summed E-state index contributed by atoms with van der Waals surface area (Å²) in [7, 11) is 1.88. The third-order valence-electron chi connectivity index (χ3n) is 3.12. The molecule has 0 aliphatic carbocycles. The summed E-state index contributed by atoms with van der Waals surface area (Å²) in [5, 5.41) is 7.97. The van der Waals surface area contributed by atoms with E-state index in [2.05, 4.69) is 25.6 Å². The van der Waals surface area contributed by atoms with Crippen molar-refractivity contribution in [2.45, 2.75) is 6.92 Å². The molecule has 3 heterocycles. The SMILES string of the molecule is Cc1c(-c2ccnc(N/N=C\c3ccc(F)s3)n2)cnn1C. The van der Waals surface area contributed by atoms with Gasteiger partial charge in [0.1, 0.15) is 0 Å². The lowest BCUT2D eigenvalue weighted by molar-refractivity contribution is 0.657. The molecule has 0 spiro atoms. The quantitative estimate of drug-likeness (QED) is 0.593. The highest BCUT2D eigenvalue weighted by molar-refractivity contribution is 7.12. The van der Waals surface area contributed by atoms with Gasteiger partial charge >= 0.3 is 0 Å². The third-order valence-corrected chi connectivity index (χ3v) is 3.93. The molecule has 0 unspecified atom stereocenters. The molecule has 0 aliphatic rings. The second-order valence-corrected chi connectivity index (χ2v) is 5.61. The maximum Gasteiger partial charge on any atom is 0.244 e. The van der Waals surface area contributed by atoms with Crippen molar-refractivity contribution in [1.82, 2.24) is 19.7 Å². The molecule has 1 N–H and O–H groups in total. The molecule has 22 heavy (non-hydrogen) atoms. The Hall–Kier alpha value is -2.61. The van der Waals surface area contributed by atoms with E-state index in [9.17, 15) is 4.39 Å². The van der Waals surface area contributed by atoms with Crippen molar-refractivity contribution in [1.29, 1.82) is 0 Å². The van der Waals surface area contributed by atoms with E-state index >= 15 is 0 Å². The average molecular weight is 316 g/mol. The molecule has 0 saturated heterocycles. The van der Waals surface area contributed by atoms with Crippen LogP contribution in [-0.2, 0) is 7.05 Å². The fourth-order valence-electron chi connectivity index (χ4n) is 1.86. The second-order valence-electron chi connectivity index (χ2n) is 4.54. The number of rotatable bonds is 4. The molecular weight excluding hydrogens is 303 g/mol. The van der Waals surface area contributed by atoms with Crippen molar-refractivity contribution in [3.8, 4) is 11.3 Å². The van der Waals surface area contributed by atoms with E-state index in [1.165, 1.54) is 12.3 Å². The van der Waals surface area contributed by atoms with Gasteiger partial charge in [0.25, 0.3) is 0 Å². The smallest absolute Gasteiger partial charge is 0.244 e. The van der Waals surface area contributed by atoms with Gasteiger partial charge in [0.2, 0.25) is 5.95 Å². The standard InChI is InChI=1S/C14H13FN6S/c1-9-11(8-18-21(9)2)12-5-6-16-14(19-12)20-17-7-10-3-4-13(15)22-10/h3-8H,1-2H3,(H,16,19,20)/b17-7-. The van der Waals surface area contributed by atoms with Crippen LogP contribution in [0.25, 0.3) is 11.3 Å². The number of halogens is 1. The Morgan fingerprint density at radius 2 is 2.23 bits per heavy atom. The van der Waals surface area contributed by atoms with Crippen LogP contribution in [0.1, 0.15) is 10.6 Å². The van der Waals surface area contributed by atoms with Crippen LogP contribution < -0.4 is 5.43 Å². The van der Waals surface area contributed by atoms with E-state index in [1.807, 2.05) is 20.0 Å². The first kappa shape index (κ1) is 14.3. The summed E-state index contributed by atoms with van der Waals surface area (Å²) >= 11 is 1.02. The van der Waals surface area contributed by atoms with Gasteiger partial charge in [0.15, 0.2) is 5.13 Å². The zero-order valence-corrected chi connectivity index (χ0v) is 12.8. The molecule has 0 radical (unpaired) electrons. The van der Waals surface area contributed by atoms with Gasteiger partial charge in [-0.2, -0.15) is 14.6 Å². The minimum atomic E-state index is -0.244. The van der Waals surface area contributed by atoms with Gasteiger partial charge in [0.05, 0.1) is 23.0 Å². The molecule has 6 nitrogen and oxygen atoms in total. The molecule has 112 valence electrons. The molecule has 0 saturated carbocycles. The summed E-state index contributed by atoms with van der Waals surface area (Å²) < 4.78 is 14.6. The molecule has 0 aliphatic heterocycles. The Balaban J connectivity index is 1.77. The van der Waals surface area contributed by atoms with Gasteiger partial charge in [-0.25, -0.2) is 15.4 Å². The first-order valence-electron chi connectivity index (χ1n) is 6.50. The zero-order chi connectivity index (χ0) is 15.5. The van der Waals surface area contributed by atoms with E-state index in [1.54, 1.807) is 23.1 Å². The Morgan fingerprint density at radius 3 is 2.91 bits per heavy atom. The lowest BCUT2D eigenvalue weighted by atomic mass is 10.2. The maximum absolute atomic E-state index is 12.9. The van der Waals surface area contributed by atoms with Crippen LogP contribution >= 0.6 is 11.3 Å². The number of nitrogens with zero attached hydrogens (tertiary/aromatic N) is 5. The summed E-state index contributed by atoms with van der Waals surface area (Å²) in [6.45, 7) is 1.97. The molecule has 3 rings (SSSR count). The van der Waals surface area contributed by atoms with Crippen molar-refractivity contribution in [2.24, 2.45) is 12.1 Å². The summed E-state index contributed by atoms with van der Waals surface area (Å²) in [6.07, 6.45) is 4.94. The number of nitrogens with one attached hydrogen (secondary N) is 1. The number of aryl methyl sites for hydroxylation is 1. The van der Waals surface area contributed by atoms with Crippen LogP contribution in [0.5, 0.6) is 0 Å². The number of thiophene rings is 1. The van der Waals surface area contributed by atoms with Crippen LogP contribution in [0, 0.1) is 12.1 Å². The summed E-state index contributed by atoms with van der Waals surface area (Å²) in [4.78, 5) is 9.21. The van der Waals surface area contributed by atoms with E-state index < -0.39 is 0 Å². The predicted molar refractivity (Wildman–Crippen MR) is 84.5 cm³/mol. The largest absolute Gasteiger partial charge is 0.272 e. The first-order valence-corrected chi connectivity index (χ1v) is 7.31. The molecule has 0 aromatic carbocycles. The topological polar surface area (TPSA) is 68.0 Å². The molecule has 0 fully saturated rings. The van der Waals surface area contributed by atoms with E-state index in [0.717, 1.165) is 28.3 Å². The van der Waals surface area contributed by atoms with Crippen molar-refractivity contribution in [3.05, 3.63) is 46.3 Å². The van der Waals surface area contributed by atoms with Crippen molar-refractivity contribution in [3.63, 3.8) is 0 Å². The lowest BCUT2D eigenvalue weighted by Gasteiger charge is -2.02. The highest BCUT2D eigenvalue weighted by atomic mass is 32.1. The number of anilines is 1. The summed E-state index contributed by atoms with van der Waals surface area (Å²) in [5.41, 5.74) is 5.47. The van der Waals surface area contributed by atoms with Gasteiger partial charge in [-0.3, -0.25) is 4.68 Å². The Morgan fingerprint density at radius 1 is 1.36 bits per heavy atom.